The van der Waals surface area contributed by atoms with Gasteiger partial charge in [-0.15, -0.1) is 24.0 Å². The van der Waals surface area contributed by atoms with Crippen molar-refractivity contribution in [3.63, 3.8) is 0 Å². The fourth-order valence-corrected chi connectivity index (χ4v) is 3.87. The lowest BCUT2D eigenvalue weighted by Gasteiger charge is -2.24. The normalized spacial score (nSPS) is 21.9. The average Bonchev–Trinajstić information content (AvgIpc) is 3.42. The highest BCUT2D eigenvalue weighted by molar-refractivity contribution is 14.0. The summed E-state index contributed by atoms with van der Waals surface area (Å²) in [7, 11) is 1.82. The van der Waals surface area contributed by atoms with Crippen LogP contribution in [0.3, 0.4) is 0 Å². The molecule has 4 rings (SSSR count). The summed E-state index contributed by atoms with van der Waals surface area (Å²) in [5.74, 6) is 1.17. The van der Waals surface area contributed by atoms with E-state index in [0.717, 1.165) is 69.3 Å². The van der Waals surface area contributed by atoms with Crippen LogP contribution < -0.4 is 5.32 Å². The monoisotopic (exact) mass is 500 g/mol. The van der Waals surface area contributed by atoms with Crippen LogP contribution in [-0.2, 0) is 11.2 Å². The Labute approximate surface area is 181 Å². The molecule has 0 saturated carbocycles. The molecule has 8 heteroatoms. The molecule has 0 radical (unpaired) electrons. The molecule has 1 spiro atoms. The van der Waals surface area contributed by atoms with Crippen LogP contribution in [0.2, 0.25) is 0 Å². The van der Waals surface area contributed by atoms with Gasteiger partial charge in [0.05, 0.1) is 12.3 Å². The number of benzene rings is 1. The maximum absolute atomic E-state index is 13.0. The highest BCUT2D eigenvalue weighted by atomic mass is 127. The fraction of sp³-hybridized carbons (Fsp3) is 0.500. The highest BCUT2D eigenvalue weighted by Gasteiger charge is 2.42. The molecule has 0 bridgehead atoms. The van der Waals surface area contributed by atoms with Crippen molar-refractivity contribution in [1.29, 1.82) is 0 Å². The van der Waals surface area contributed by atoms with Gasteiger partial charge >= 0.3 is 0 Å². The van der Waals surface area contributed by atoms with Crippen LogP contribution in [0.25, 0.3) is 11.5 Å². The largest absolute Gasteiger partial charge is 0.444 e. The zero-order valence-electron chi connectivity index (χ0n) is 16.0. The molecule has 152 valence electrons. The number of guanidine groups is 1. The number of halogens is 2. The summed E-state index contributed by atoms with van der Waals surface area (Å²) in [5, 5.41) is 3.43. The first-order valence-electron chi connectivity index (χ1n) is 9.41. The van der Waals surface area contributed by atoms with E-state index in [1.165, 1.54) is 12.1 Å². The van der Waals surface area contributed by atoms with Gasteiger partial charge in [0.2, 0.25) is 5.89 Å². The molecular formula is C20H26FIN4O2. The summed E-state index contributed by atoms with van der Waals surface area (Å²) in [6, 6.07) is 6.15. The summed E-state index contributed by atoms with van der Waals surface area (Å²) in [6.07, 6.45) is 4.69. The van der Waals surface area contributed by atoms with Gasteiger partial charge in [-0.2, -0.15) is 0 Å². The summed E-state index contributed by atoms with van der Waals surface area (Å²) in [4.78, 5) is 11.2. The molecule has 0 amide bonds. The number of hydrogen-bond donors (Lipinski definition) is 1. The van der Waals surface area contributed by atoms with Gasteiger partial charge < -0.3 is 19.4 Å². The Morgan fingerprint density at radius 2 is 2.14 bits per heavy atom. The number of nitrogens with zero attached hydrogens (tertiary/aromatic N) is 3. The van der Waals surface area contributed by atoms with Gasteiger partial charge in [-0.3, -0.25) is 4.99 Å². The quantitative estimate of drug-likeness (QED) is 0.397. The molecule has 2 saturated heterocycles. The Kier molecular flexibility index (Phi) is 6.92. The van der Waals surface area contributed by atoms with E-state index in [4.69, 9.17) is 9.15 Å². The summed E-state index contributed by atoms with van der Waals surface area (Å²) < 4.78 is 24.2. The molecule has 1 unspecified atom stereocenters. The second-order valence-electron chi connectivity index (χ2n) is 7.35. The fourth-order valence-electron chi connectivity index (χ4n) is 3.87. The van der Waals surface area contributed by atoms with Crippen molar-refractivity contribution >= 4 is 29.9 Å². The molecule has 1 atom stereocenters. The van der Waals surface area contributed by atoms with Crippen LogP contribution in [0, 0.1) is 11.2 Å². The lowest BCUT2D eigenvalue weighted by molar-refractivity contribution is 0.156. The maximum atomic E-state index is 13.0. The lowest BCUT2D eigenvalue weighted by atomic mass is 9.87. The molecule has 6 nitrogen and oxygen atoms in total. The third-order valence-electron chi connectivity index (χ3n) is 5.44. The van der Waals surface area contributed by atoms with Crippen molar-refractivity contribution in [2.45, 2.75) is 19.3 Å². The summed E-state index contributed by atoms with van der Waals surface area (Å²) in [5.41, 5.74) is 1.94. The van der Waals surface area contributed by atoms with Crippen molar-refractivity contribution < 1.29 is 13.5 Å². The van der Waals surface area contributed by atoms with Crippen LogP contribution in [0.4, 0.5) is 4.39 Å². The van der Waals surface area contributed by atoms with E-state index in [1.807, 2.05) is 7.05 Å². The SMILES string of the molecule is CN=C(NCCc1coc(-c2ccc(F)cc2)n1)N1CCC2(CCOC2)C1.I. The number of nitrogens with one attached hydrogen (secondary N) is 1. The number of hydrogen-bond acceptors (Lipinski definition) is 4. The minimum Gasteiger partial charge on any atom is -0.444 e. The maximum Gasteiger partial charge on any atom is 0.226 e. The van der Waals surface area contributed by atoms with E-state index in [1.54, 1.807) is 18.4 Å². The predicted octanol–water partition coefficient (Wildman–Crippen LogP) is 3.33. The van der Waals surface area contributed by atoms with Crippen LogP contribution in [0.15, 0.2) is 39.9 Å². The Bertz CT molecular complexity index is 803. The Balaban J connectivity index is 0.00000225. The summed E-state index contributed by atoms with van der Waals surface area (Å²) in [6.45, 7) is 4.49. The van der Waals surface area contributed by atoms with Crippen LogP contribution in [0.1, 0.15) is 18.5 Å². The van der Waals surface area contributed by atoms with Crippen molar-refractivity contribution in [2.24, 2.45) is 10.4 Å². The van der Waals surface area contributed by atoms with Gasteiger partial charge in [-0.05, 0) is 37.1 Å². The zero-order valence-corrected chi connectivity index (χ0v) is 18.3. The van der Waals surface area contributed by atoms with Crippen molar-refractivity contribution in [1.82, 2.24) is 15.2 Å². The summed E-state index contributed by atoms with van der Waals surface area (Å²) >= 11 is 0. The first kappa shape index (κ1) is 21.0. The van der Waals surface area contributed by atoms with Gasteiger partial charge in [0.15, 0.2) is 5.96 Å². The number of aromatic nitrogens is 1. The number of oxazole rings is 1. The molecule has 1 N–H and O–H groups in total. The molecule has 2 aliphatic heterocycles. The molecule has 2 fully saturated rings. The standard InChI is InChI=1S/C20H25FN4O2.HI/c1-22-19(25-10-7-20(13-25)8-11-26-14-20)23-9-6-17-12-27-18(24-17)15-2-4-16(21)5-3-15;/h2-5,12H,6-11,13-14H2,1H3,(H,22,23);1H. The van der Waals surface area contributed by atoms with Crippen LogP contribution in [0.5, 0.6) is 0 Å². The Morgan fingerprint density at radius 3 is 2.86 bits per heavy atom. The molecular weight excluding hydrogens is 474 g/mol. The second-order valence-corrected chi connectivity index (χ2v) is 7.35. The van der Waals surface area contributed by atoms with Crippen molar-refractivity contribution in [2.75, 3.05) is 39.9 Å². The van der Waals surface area contributed by atoms with Gasteiger partial charge in [0.1, 0.15) is 12.1 Å². The second kappa shape index (κ2) is 9.21. The van der Waals surface area contributed by atoms with Gasteiger partial charge in [0.25, 0.3) is 0 Å². The van der Waals surface area contributed by atoms with Crippen molar-refractivity contribution in [3.05, 3.63) is 42.0 Å². The lowest BCUT2D eigenvalue weighted by Crippen LogP contribution is -2.42. The minimum atomic E-state index is -0.269. The first-order valence-corrected chi connectivity index (χ1v) is 9.41. The molecule has 1 aromatic heterocycles. The molecule has 2 aliphatic rings. The number of ether oxygens (including phenoxy) is 1. The number of aliphatic imine (C=N–C) groups is 1. The molecule has 2 aromatic rings. The Morgan fingerprint density at radius 1 is 1.32 bits per heavy atom. The van der Waals surface area contributed by atoms with Gasteiger partial charge in [0, 0.05) is 50.7 Å². The third kappa shape index (κ3) is 4.65. The van der Waals surface area contributed by atoms with E-state index < -0.39 is 0 Å². The Hall–Kier alpha value is -1.68. The molecule has 1 aromatic carbocycles. The minimum absolute atomic E-state index is 0. The predicted molar refractivity (Wildman–Crippen MR) is 116 cm³/mol. The van der Waals surface area contributed by atoms with E-state index in [0.29, 0.717) is 11.3 Å². The number of likely N-dealkylation sites (tertiary alicyclic amines) is 1. The van der Waals surface area contributed by atoms with E-state index in [9.17, 15) is 4.39 Å². The smallest absolute Gasteiger partial charge is 0.226 e. The highest BCUT2D eigenvalue weighted by Crippen LogP contribution is 2.38. The van der Waals surface area contributed by atoms with Gasteiger partial charge in [-0.25, -0.2) is 9.37 Å². The number of rotatable bonds is 4. The van der Waals surface area contributed by atoms with E-state index >= 15 is 0 Å². The topological polar surface area (TPSA) is 62.9 Å². The average molecular weight is 500 g/mol. The molecule has 3 heterocycles. The first-order chi connectivity index (χ1) is 13.2. The van der Waals surface area contributed by atoms with Crippen LogP contribution in [-0.4, -0.2) is 55.7 Å². The molecule has 28 heavy (non-hydrogen) atoms. The molecule has 0 aliphatic carbocycles. The van der Waals surface area contributed by atoms with Gasteiger partial charge in [-0.1, -0.05) is 0 Å². The van der Waals surface area contributed by atoms with E-state index in [2.05, 4.69) is 20.2 Å². The van der Waals surface area contributed by atoms with E-state index in [-0.39, 0.29) is 29.8 Å². The zero-order chi connectivity index (χ0) is 18.7. The third-order valence-corrected chi connectivity index (χ3v) is 5.44. The van der Waals surface area contributed by atoms with Crippen LogP contribution >= 0.6 is 24.0 Å². The van der Waals surface area contributed by atoms with Crippen molar-refractivity contribution in [3.8, 4) is 11.5 Å².